The molecule has 0 fully saturated rings. The maximum Gasteiger partial charge on any atom is -0.00163 e. The minimum atomic E-state index is 0.821. The van der Waals surface area contributed by atoms with E-state index in [2.05, 4.69) is 39.5 Å². The average Bonchev–Trinajstić information content (AvgIpc) is 2.09. The van der Waals surface area contributed by atoms with Crippen molar-refractivity contribution >= 4 is 0 Å². The summed E-state index contributed by atoms with van der Waals surface area (Å²) in [7, 11) is 0. The standard InChI is InChI=1S/C13H28N/c1-6-9-14(10-7-12(2)3)11-8-13(4)5/h12-13H,1,6-11H2,2-5H3. The third-order valence-corrected chi connectivity index (χ3v) is 2.52. The van der Waals surface area contributed by atoms with Crippen LogP contribution in [-0.2, 0) is 0 Å². The predicted octanol–water partition coefficient (Wildman–Crippen LogP) is 3.60. The largest absolute Gasteiger partial charge is 0.303 e. The molecule has 0 amide bonds. The van der Waals surface area contributed by atoms with E-state index in [0.29, 0.717) is 0 Å². The molecule has 0 saturated carbocycles. The van der Waals surface area contributed by atoms with E-state index in [9.17, 15) is 0 Å². The van der Waals surface area contributed by atoms with Gasteiger partial charge in [-0.3, -0.25) is 0 Å². The van der Waals surface area contributed by atoms with E-state index in [1.54, 1.807) is 0 Å². The highest BCUT2D eigenvalue weighted by Crippen LogP contribution is 2.06. The summed E-state index contributed by atoms with van der Waals surface area (Å²) in [5, 5.41) is 0. The van der Waals surface area contributed by atoms with Gasteiger partial charge in [0.1, 0.15) is 0 Å². The van der Waals surface area contributed by atoms with Crippen molar-refractivity contribution in [1.82, 2.24) is 4.90 Å². The average molecular weight is 198 g/mol. The van der Waals surface area contributed by atoms with Gasteiger partial charge in [0.15, 0.2) is 0 Å². The van der Waals surface area contributed by atoms with Crippen molar-refractivity contribution in [1.29, 1.82) is 0 Å². The van der Waals surface area contributed by atoms with Gasteiger partial charge in [-0.05, 0) is 50.7 Å². The Balaban J connectivity index is 3.65. The van der Waals surface area contributed by atoms with E-state index in [0.717, 1.165) is 18.3 Å². The van der Waals surface area contributed by atoms with E-state index >= 15 is 0 Å². The molecular weight excluding hydrogens is 170 g/mol. The van der Waals surface area contributed by atoms with Crippen molar-refractivity contribution in [2.75, 3.05) is 19.6 Å². The van der Waals surface area contributed by atoms with Gasteiger partial charge in [-0.2, -0.15) is 0 Å². The Morgan fingerprint density at radius 1 is 0.857 bits per heavy atom. The van der Waals surface area contributed by atoms with Crippen molar-refractivity contribution in [3.8, 4) is 0 Å². The lowest BCUT2D eigenvalue weighted by Crippen LogP contribution is -2.28. The number of rotatable bonds is 8. The van der Waals surface area contributed by atoms with Crippen LogP contribution in [0.1, 0.15) is 47.0 Å². The zero-order chi connectivity index (χ0) is 11.0. The fourth-order valence-electron chi connectivity index (χ4n) is 1.44. The number of nitrogens with zero attached hydrogens (tertiary/aromatic N) is 1. The van der Waals surface area contributed by atoms with Crippen LogP contribution < -0.4 is 0 Å². The lowest BCUT2D eigenvalue weighted by Gasteiger charge is -2.23. The fraction of sp³-hybridized carbons (Fsp3) is 0.923. The molecule has 0 aromatic rings. The van der Waals surface area contributed by atoms with Crippen LogP contribution in [0.2, 0.25) is 0 Å². The second-order valence-electron chi connectivity index (χ2n) is 5.06. The first-order valence-corrected chi connectivity index (χ1v) is 6.07. The van der Waals surface area contributed by atoms with Crippen LogP contribution in [0.3, 0.4) is 0 Å². The van der Waals surface area contributed by atoms with Crippen molar-refractivity contribution in [3.05, 3.63) is 6.92 Å². The van der Waals surface area contributed by atoms with Crippen molar-refractivity contribution < 1.29 is 0 Å². The molecule has 0 aliphatic heterocycles. The van der Waals surface area contributed by atoms with Crippen molar-refractivity contribution in [2.45, 2.75) is 47.0 Å². The molecular formula is C13H28N. The van der Waals surface area contributed by atoms with Crippen LogP contribution in [0.4, 0.5) is 0 Å². The summed E-state index contributed by atoms with van der Waals surface area (Å²) in [4.78, 5) is 2.56. The van der Waals surface area contributed by atoms with Gasteiger partial charge in [-0.15, -0.1) is 0 Å². The summed E-state index contributed by atoms with van der Waals surface area (Å²) in [5.41, 5.74) is 0. The van der Waals surface area contributed by atoms with E-state index in [4.69, 9.17) is 0 Å². The normalized spacial score (nSPS) is 12.0. The molecule has 0 aliphatic rings. The molecule has 0 aromatic heterocycles. The number of hydrogen-bond donors (Lipinski definition) is 0. The zero-order valence-corrected chi connectivity index (χ0v) is 10.6. The molecule has 0 unspecified atom stereocenters. The van der Waals surface area contributed by atoms with Gasteiger partial charge >= 0.3 is 0 Å². The minimum Gasteiger partial charge on any atom is -0.303 e. The quantitative estimate of drug-likeness (QED) is 0.576. The highest BCUT2D eigenvalue weighted by molar-refractivity contribution is 4.61. The Labute approximate surface area is 90.9 Å². The summed E-state index contributed by atoms with van der Waals surface area (Å²) in [5.74, 6) is 1.64. The Hall–Kier alpha value is -0.0400. The van der Waals surface area contributed by atoms with Gasteiger partial charge in [0.05, 0.1) is 0 Å². The highest BCUT2D eigenvalue weighted by atomic mass is 15.1. The van der Waals surface area contributed by atoms with Crippen LogP contribution in [-0.4, -0.2) is 24.5 Å². The molecule has 0 heterocycles. The minimum absolute atomic E-state index is 0.821. The monoisotopic (exact) mass is 198 g/mol. The summed E-state index contributed by atoms with van der Waals surface area (Å²) in [6, 6.07) is 0. The van der Waals surface area contributed by atoms with Gasteiger partial charge in [-0.25, -0.2) is 0 Å². The van der Waals surface area contributed by atoms with Gasteiger partial charge in [0.25, 0.3) is 0 Å². The summed E-state index contributed by atoms with van der Waals surface area (Å²) in [6.45, 7) is 16.8. The molecule has 0 saturated heterocycles. The van der Waals surface area contributed by atoms with Crippen LogP contribution in [0, 0.1) is 18.8 Å². The third kappa shape index (κ3) is 8.55. The molecule has 0 atom stereocenters. The third-order valence-electron chi connectivity index (χ3n) is 2.52. The maximum absolute atomic E-state index is 3.94. The Bertz CT molecular complexity index is 106. The van der Waals surface area contributed by atoms with Gasteiger partial charge in [0.2, 0.25) is 0 Å². The molecule has 1 nitrogen and oxygen atoms in total. The van der Waals surface area contributed by atoms with Gasteiger partial charge in [0, 0.05) is 0 Å². The SMILES string of the molecule is [CH2]CCN(CCC(C)C)CCC(C)C. The van der Waals surface area contributed by atoms with Gasteiger partial charge in [-0.1, -0.05) is 34.6 Å². The van der Waals surface area contributed by atoms with Crippen LogP contribution in [0.5, 0.6) is 0 Å². The molecule has 0 aromatic carbocycles. The predicted molar refractivity (Wildman–Crippen MR) is 65.3 cm³/mol. The zero-order valence-electron chi connectivity index (χ0n) is 10.6. The maximum atomic E-state index is 3.94. The van der Waals surface area contributed by atoms with E-state index < -0.39 is 0 Å². The number of hydrogen-bond acceptors (Lipinski definition) is 1. The molecule has 1 radical (unpaired) electrons. The van der Waals surface area contributed by atoms with Gasteiger partial charge < -0.3 is 4.90 Å². The topological polar surface area (TPSA) is 3.24 Å². The van der Waals surface area contributed by atoms with E-state index in [1.165, 1.54) is 32.5 Å². The molecule has 0 bridgehead atoms. The smallest absolute Gasteiger partial charge is 0.00163 e. The molecule has 1 heteroatoms. The van der Waals surface area contributed by atoms with Crippen molar-refractivity contribution in [2.24, 2.45) is 11.8 Å². The molecule has 0 aliphatic carbocycles. The Morgan fingerprint density at radius 3 is 1.57 bits per heavy atom. The fourth-order valence-corrected chi connectivity index (χ4v) is 1.44. The second-order valence-corrected chi connectivity index (χ2v) is 5.06. The lowest BCUT2D eigenvalue weighted by molar-refractivity contribution is 0.247. The van der Waals surface area contributed by atoms with Crippen LogP contribution in [0.15, 0.2) is 0 Å². The van der Waals surface area contributed by atoms with Crippen molar-refractivity contribution in [3.63, 3.8) is 0 Å². The summed E-state index contributed by atoms with van der Waals surface area (Å²) < 4.78 is 0. The summed E-state index contributed by atoms with van der Waals surface area (Å²) in [6.07, 6.45) is 3.67. The first-order chi connectivity index (χ1) is 6.56. The molecule has 85 valence electrons. The molecule has 14 heavy (non-hydrogen) atoms. The molecule has 0 N–H and O–H groups in total. The van der Waals surface area contributed by atoms with Crippen LogP contribution >= 0.6 is 0 Å². The summed E-state index contributed by atoms with van der Waals surface area (Å²) >= 11 is 0. The first-order valence-electron chi connectivity index (χ1n) is 6.07. The van der Waals surface area contributed by atoms with E-state index in [1.807, 2.05) is 0 Å². The first kappa shape index (κ1) is 14.0. The highest BCUT2D eigenvalue weighted by Gasteiger charge is 2.05. The Kier molecular flexibility index (Phi) is 8.26. The van der Waals surface area contributed by atoms with E-state index in [-0.39, 0.29) is 0 Å². The second kappa shape index (κ2) is 8.28. The lowest BCUT2D eigenvalue weighted by atomic mass is 10.1. The molecule has 0 rings (SSSR count). The van der Waals surface area contributed by atoms with Crippen LogP contribution in [0.25, 0.3) is 0 Å². The Morgan fingerprint density at radius 2 is 1.29 bits per heavy atom. The molecule has 0 spiro atoms.